The average Bonchev–Trinajstić information content (AvgIpc) is 3.04. The minimum atomic E-state index is -0.449. The van der Waals surface area contributed by atoms with E-state index in [0.29, 0.717) is 29.7 Å². The highest BCUT2D eigenvalue weighted by Crippen LogP contribution is 2.39. The summed E-state index contributed by atoms with van der Waals surface area (Å²) in [5.74, 6) is 0.764. The first-order valence-electron chi connectivity index (χ1n) is 11.6. The Kier molecular flexibility index (Phi) is 6.35. The molecule has 168 valence electrons. The molecule has 2 heterocycles. The zero-order valence-electron chi connectivity index (χ0n) is 19.4. The van der Waals surface area contributed by atoms with E-state index >= 15 is 0 Å². The van der Waals surface area contributed by atoms with Gasteiger partial charge in [-0.25, -0.2) is 0 Å². The van der Waals surface area contributed by atoms with E-state index in [9.17, 15) is 9.59 Å². The monoisotopic (exact) mass is 433 g/mol. The van der Waals surface area contributed by atoms with Gasteiger partial charge in [-0.1, -0.05) is 44.9 Å². The highest BCUT2D eigenvalue weighted by atomic mass is 16.5. The van der Waals surface area contributed by atoms with Crippen molar-refractivity contribution in [3.8, 4) is 5.75 Å². The highest BCUT2D eigenvalue weighted by Gasteiger charge is 2.42. The van der Waals surface area contributed by atoms with E-state index in [2.05, 4.69) is 13.8 Å². The molecule has 32 heavy (non-hydrogen) atoms. The van der Waals surface area contributed by atoms with Crippen molar-refractivity contribution in [3.63, 3.8) is 0 Å². The van der Waals surface area contributed by atoms with Crippen LogP contribution in [-0.4, -0.2) is 24.0 Å². The van der Waals surface area contributed by atoms with Crippen LogP contribution < -0.4 is 10.2 Å². The molecule has 1 atom stereocenters. The largest absolute Gasteiger partial charge is 0.494 e. The summed E-state index contributed by atoms with van der Waals surface area (Å²) in [4.78, 5) is 28.8. The third-order valence-electron chi connectivity index (χ3n) is 6.13. The van der Waals surface area contributed by atoms with Gasteiger partial charge in [0.2, 0.25) is 5.76 Å². The fourth-order valence-corrected chi connectivity index (χ4v) is 4.50. The minimum Gasteiger partial charge on any atom is -0.494 e. The Morgan fingerprint density at radius 2 is 1.72 bits per heavy atom. The van der Waals surface area contributed by atoms with Gasteiger partial charge in [-0.05, 0) is 61.6 Å². The highest BCUT2D eigenvalue weighted by molar-refractivity contribution is 5.99. The van der Waals surface area contributed by atoms with Crippen LogP contribution in [0.1, 0.15) is 78.4 Å². The molecule has 1 unspecified atom stereocenters. The Bertz CT molecular complexity index is 1190. The number of rotatable bonds is 8. The summed E-state index contributed by atoms with van der Waals surface area (Å²) in [6.07, 6.45) is 3.90. The van der Waals surface area contributed by atoms with Gasteiger partial charge < -0.3 is 14.1 Å². The van der Waals surface area contributed by atoms with Crippen molar-refractivity contribution in [1.82, 2.24) is 4.90 Å². The van der Waals surface area contributed by atoms with E-state index in [4.69, 9.17) is 9.15 Å². The number of carbonyl (C=O) groups is 1. The SMILES string of the molecule is CCCCOc1ccc(C2c3c(oc4cc(C)cc(C)c4c3=O)C(=O)N2CCCC)cc1. The smallest absolute Gasteiger partial charge is 0.290 e. The number of benzene rings is 2. The van der Waals surface area contributed by atoms with Crippen molar-refractivity contribution < 1.29 is 13.9 Å². The molecule has 1 aromatic heterocycles. The number of nitrogens with zero attached hydrogens (tertiary/aromatic N) is 1. The summed E-state index contributed by atoms with van der Waals surface area (Å²) in [6.45, 7) is 9.35. The number of unbranched alkanes of at least 4 members (excludes halogenated alkanes) is 2. The van der Waals surface area contributed by atoms with Crippen LogP contribution >= 0.6 is 0 Å². The lowest BCUT2D eigenvalue weighted by Crippen LogP contribution is -2.30. The van der Waals surface area contributed by atoms with E-state index in [-0.39, 0.29) is 17.1 Å². The summed E-state index contributed by atoms with van der Waals surface area (Å²) >= 11 is 0. The lowest BCUT2D eigenvalue weighted by molar-refractivity contribution is 0.0725. The van der Waals surface area contributed by atoms with Crippen molar-refractivity contribution in [2.75, 3.05) is 13.2 Å². The van der Waals surface area contributed by atoms with Crippen molar-refractivity contribution in [3.05, 3.63) is 74.6 Å². The van der Waals surface area contributed by atoms with Crippen molar-refractivity contribution in [2.24, 2.45) is 0 Å². The molecule has 0 fully saturated rings. The first-order chi connectivity index (χ1) is 15.5. The second-order valence-corrected chi connectivity index (χ2v) is 8.65. The number of aryl methyl sites for hydroxylation is 2. The van der Waals surface area contributed by atoms with Gasteiger partial charge in [-0.2, -0.15) is 0 Å². The van der Waals surface area contributed by atoms with Crippen LogP contribution in [0.3, 0.4) is 0 Å². The lowest BCUT2D eigenvalue weighted by atomic mass is 9.96. The van der Waals surface area contributed by atoms with Crippen LogP contribution in [0.4, 0.5) is 0 Å². The number of fused-ring (bicyclic) bond motifs is 2. The molecule has 0 aliphatic carbocycles. The van der Waals surface area contributed by atoms with Crippen molar-refractivity contribution in [2.45, 2.75) is 59.4 Å². The Hall–Kier alpha value is -3.08. The Morgan fingerprint density at radius 3 is 2.41 bits per heavy atom. The molecule has 2 aromatic carbocycles. The molecular weight excluding hydrogens is 402 g/mol. The zero-order chi connectivity index (χ0) is 22.8. The van der Waals surface area contributed by atoms with Crippen LogP contribution in [0.15, 0.2) is 45.6 Å². The van der Waals surface area contributed by atoms with E-state index < -0.39 is 6.04 Å². The average molecular weight is 434 g/mol. The number of hydrogen-bond acceptors (Lipinski definition) is 4. The fraction of sp³-hybridized carbons (Fsp3) is 0.407. The molecule has 3 aromatic rings. The van der Waals surface area contributed by atoms with E-state index in [1.165, 1.54) is 0 Å². The Labute approximate surface area is 189 Å². The predicted octanol–water partition coefficient (Wildman–Crippen LogP) is 5.93. The molecule has 5 heteroatoms. The van der Waals surface area contributed by atoms with Crippen LogP contribution in [0, 0.1) is 13.8 Å². The zero-order valence-corrected chi connectivity index (χ0v) is 19.4. The Morgan fingerprint density at radius 1 is 1.00 bits per heavy atom. The van der Waals surface area contributed by atoms with Crippen molar-refractivity contribution >= 4 is 16.9 Å². The second kappa shape index (κ2) is 9.19. The number of amides is 1. The molecule has 0 saturated heterocycles. The molecule has 1 aliphatic heterocycles. The molecule has 1 aliphatic rings. The van der Waals surface area contributed by atoms with Gasteiger partial charge in [0.05, 0.1) is 23.6 Å². The van der Waals surface area contributed by atoms with Crippen LogP contribution in [0.2, 0.25) is 0 Å². The van der Waals surface area contributed by atoms with Gasteiger partial charge in [-0.3, -0.25) is 9.59 Å². The van der Waals surface area contributed by atoms with Gasteiger partial charge >= 0.3 is 0 Å². The van der Waals surface area contributed by atoms with E-state index in [1.807, 2.05) is 50.2 Å². The van der Waals surface area contributed by atoms with E-state index in [1.54, 1.807) is 4.90 Å². The third-order valence-corrected chi connectivity index (χ3v) is 6.13. The van der Waals surface area contributed by atoms with Crippen LogP contribution in [-0.2, 0) is 0 Å². The number of ether oxygens (including phenoxy) is 1. The van der Waals surface area contributed by atoms with Gasteiger partial charge in [0.15, 0.2) is 5.43 Å². The molecule has 1 amide bonds. The summed E-state index contributed by atoms with van der Waals surface area (Å²) in [6, 6.07) is 11.1. The summed E-state index contributed by atoms with van der Waals surface area (Å²) in [5, 5.41) is 0.559. The first-order valence-corrected chi connectivity index (χ1v) is 11.6. The maximum atomic E-state index is 13.7. The summed E-state index contributed by atoms with van der Waals surface area (Å²) in [7, 11) is 0. The minimum absolute atomic E-state index is 0.112. The topological polar surface area (TPSA) is 59.8 Å². The predicted molar refractivity (Wildman–Crippen MR) is 127 cm³/mol. The van der Waals surface area contributed by atoms with Crippen LogP contribution in [0.25, 0.3) is 11.0 Å². The summed E-state index contributed by atoms with van der Waals surface area (Å²) in [5.41, 5.74) is 3.59. The van der Waals surface area contributed by atoms with Crippen LogP contribution in [0.5, 0.6) is 5.75 Å². The van der Waals surface area contributed by atoms with Crippen molar-refractivity contribution in [1.29, 1.82) is 0 Å². The first kappa shape index (κ1) is 22.1. The quantitative estimate of drug-likeness (QED) is 0.413. The normalized spacial score (nSPS) is 15.4. The van der Waals surface area contributed by atoms with E-state index in [0.717, 1.165) is 48.1 Å². The van der Waals surface area contributed by atoms with Gasteiger partial charge in [0.1, 0.15) is 11.3 Å². The molecule has 5 nitrogen and oxygen atoms in total. The molecule has 0 N–H and O–H groups in total. The molecule has 0 spiro atoms. The standard InChI is InChI=1S/C27H31NO4/c1-5-7-13-28-24(19-9-11-20(12-10-19)31-14-8-6-2)23-25(29)22-18(4)15-17(3)16-21(22)32-26(23)27(28)30/h9-12,15-16,24H,5-8,13-14H2,1-4H3. The molecule has 0 saturated carbocycles. The number of carbonyl (C=O) groups excluding carboxylic acids is 1. The van der Waals surface area contributed by atoms with Gasteiger partial charge in [0, 0.05) is 6.54 Å². The fourth-order valence-electron chi connectivity index (χ4n) is 4.50. The van der Waals surface area contributed by atoms with Gasteiger partial charge in [0.25, 0.3) is 5.91 Å². The molecule has 4 rings (SSSR count). The number of hydrogen-bond donors (Lipinski definition) is 0. The summed E-state index contributed by atoms with van der Waals surface area (Å²) < 4.78 is 11.9. The maximum absolute atomic E-state index is 13.7. The Balaban J connectivity index is 1.83. The maximum Gasteiger partial charge on any atom is 0.290 e. The molecular formula is C27H31NO4. The molecule has 0 bridgehead atoms. The second-order valence-electron chi connectivity index (χ2n) is 8.65. The third kappa shape index (κ3) is 3.92. The van der Waals surface area contributed by atoms with Gasteiger partial charge in [-0.15, -0.1) is 0 Å². The molecule has 0 radical (unpaired) electrons. The lowest BCUT2D eigenvalue weighted by Gasteiger charge is -2.25.